The minimum atomic E-state index is 0.402. The maximum Gasteiger partial charge on any atom is 0.00202 e. The first-order valence-corrected chi connectivity index (χ1v) is 14.8. The Kier molecular flexibility index (Phi) is 5.15. The molecule has 0 bridgehead atoms. The average molecular weight is 459 g/mol. The summed E-state index contributed by atoms with van der Waals surface area (Å²) in [6, 6.07) is 0. The van der Waals surface area contributed by atoms with Crippen molar-refractivity contribution in [2.24, 2.45) is 63.6 Å². The van der Waals surface area contributed by atoms with Gasteiger partial charge in [-0.15, -0.1) is 6.58 Å². The van der Waals surface area contributed by atoms with E-state index < -0.39 is 0 Å². The second-order valence-corrected chi connectivity index (χ2v) is 14.3. The standard InChI is InChI=1S/C34H50/c1-9-11-24(16-21(4)20(3)10-2)18-25-12-13-27-26-19-30-31-29-17-22(5)23(6)33(8,34(29,30)31)28(26)14-15-32(25,27)7/h9,17,24-31H,1,6,10-16,18-19H2,2-5,7-8H3/b21-20+. The van der Waals surface area contributed by atoms with Crippen molar-refractivity contribution in [3.05, 3.63) is 47.6 Å². The fourth-order valence-corrected chi connectivity index (χ4v) is 11.5. The Labute approximate surface area is 210 Å². The molecule has 6 aliphatic rings. The molecule has 5 saturated carbocycles. The van der Waals surface area contributed by atoms with Gasteiger partial charge in [0.2, 0.25) is 0 Å². The third-order valence-corrected chi connectivity index (χ3v) is 13.6. The number of rotatable bonds is 7. The molecule has 186 valence electrons. The molecule has 0 heterocycles. The van der Waals surface area contributed by atoms with Crippen LogP contribution in [0.5, 0.6) is 0 Å². The minimum absolute atomic E-state index is 0.402. The summed E-state index contributed by atoms with van der Waals surface area (Å²) in [6.45, 7) is 23.7. The SMILES string of the molecule is C=CCC(C/C(C)=C(\C)CC)CC1CCC2C3CC4C5C6C=C(C)C(=C)C(C)(C3CCC12C)C645. The number of allylic oxidation sites excluding steroid dienone is 6. The third-order valence-electron chi connectivity index (χ3n) is 13.6. The lowest BCUT2D eigenvalue weighted by atomic mass is 9.44. The zero-order valence-electron chi connectivity index (χ0n) is 23.1. The summed E-state index contributed by atoms with van der Waals surface area (Å²) in [5.41, 5.74) is 7.96. The van der Waals surface area contributed by atoms with E-state index in [1.807, 2.05) is 0 Å². The predicted molar refractivity (Wildman–Crippen MR) is 145 cm³/mol. The van der Waals surface area contributed by atoms with Gasteiger partial charge in [0.25, 0.3) is 0 Å². The van der Waals surface area contributed by atoms with Gasteiger partial charge in [0.15, 0.2) is 0 Å². The fraction of sp³-hybridized carbons (Fsp3) is 0.765. The normalized spacial score (nSPS) is 51.3. The van der Waals surface area contributed by atoms with Gasteiger partial charge in [0.1, 0.15) is 0 Å². The maximum absolute atomic E-state index is 4.77. The molecular weight excluding hydrogens is 408 g/mol. The van der Waals surface area contributed by atoms with E-state index in [-0.39, 0.29) is 0 Å². The molecule has 34 heavy (non-hydrogen) atoms. The van der Waals surface area contributed by atoms with Crippen molar-refractivity contribution in [1.29, 1.82) is 0 Å². The van der Waals surface area contributed by atoms with Gasteiger partial charge in [-0.3, -0.25) is 0 Å². The maximum atomic E-state index is 4.77. The number of hydrogen-bond donors (Lipinski definition) is 0. The average Bonchev–Trinajstić information content (AvgIpc) is 3.65. The van der Waals surface area contributed by atoms with Crippen LogP contribution >= 0.6 is 0 Å². The Morgan fingerprint density at radius 1 is 1.12 bits per heavy atom. The van der Waals surface area contributed by atoms with E-state index in [9.17, 15) is 0 Å². The van der Waals surface area contributed by atoms with Crippen LogP contribution in [0.3, 0.4) is 0 Å². The van der Waals surface area contributed by atoms with Crippen LogP contribution < -0.4 is 0 Å². The van der Waals surface area contributed by atoms with Gasteiger partial charge < -0.3 is 0 Å². The molecule has 0 radical (unpaired) electrons. The van der Waals surface area contributed by atoms with Gasteiger partial charge in [0, 0.05) is 5.41 Å². The van der Waals surface area contributed by atoms with Crippen molar-refractivity contribution in [3.63, 3.8) is 0 Å². The molecule has 0 saturated heterocycles. The van der Waals surface area contributed by atoms with Crippen LogP contribution in [0.2, 0.25) is 0 Å². The van der Waals surface area contributed by atoms with Crippen molar-refractivity contribution in [3.8, 4) is 0 Å². The molecule has 0 heteroatoms. The van der Waals surface area contributed by atoms with Crippen LogP contribution in [0, 0.1) is 63.6 Å². The Bertz CT molecular complexity index is 976. The Morgan fingerprint density at radius 3 is 2.59 bits per heavy atom. The highest BCUT2D eigenvalue weighted by atomic mass is 15.0. The number of hydrogen-bond acceptors (Lipinski definition) is 0. The molecule has 0 aliphatic heterocycles. The summed E-state index contributed by atoms with van der Waals surface area (Å²) in [5, 5.41) is 0. The van der Waals surface area contributed by atoms with Crippen molar-refractivity contribution in [2.45, 2.75) is 99.3 Å². The molecule has 6 rings (SSSR count). The van der Waals surface area contributed by atoms with Gasteiger partial charge in [-0.05, 0) is 142 Å². The number of fused-ring (bicyclic) bond motifs is 6. The van der Waals surface area contributed by atoms with Crippen molar-refractivity contribution in [2.75, 3.05) is 0 Å². The van der Waals surface area contributed by atoms with Gasteiger partial charge in [-0.2, -0.15) is 0 Å². The third kappa shape index (κ3) is 2.67. The lowest BCUT2D eigenvalue weighted by Gasteiger charge is -2.60. The van der Waals surface area contributed by atoms with Crippen LogP contribution in [0.4, 0.5) is 0 Å². The van der Waals surface area contributed by atoms with Crippen molar-refractivity contribution in [1.82, 2.24) is 0 Å². The Morgan fingerprint density at radius 2 is 1.88 bits per heavy atom. The molecule has 0 nitrogen and oxygen atoms in total. The van der Waals surface area contributed by atoms with E-state index in [2.05, 4.69) is 60.3 Å². The van der Waals surface area contributed by atoms with E-state index in [1.54, 1.807) is 28.7 Å². The summed E-state index contributed by atoms with van der Waals surface area (Å²) in [7, 11) is 0. The van der Waals surface area contributed by atoms with Gasteiger partial charge >= 0.3 is 0 Å². The second-order valence-electron chi connectivity index (χ2n) is 14.3. The fourth-order valence-electron chi connectivity index (χ4n) is 11.5. The lowest BCUT2D eigenvalue weighted by molar-refractivity contribution is -0.0867. The minimum Gasteiger partial charge on any atom is -0.103 e. The zero-order chi connectivity index (χ0) is 24.2. The molecule has 0 aromatic heterocycles. The first kappa shape index (κ1) is 23.4. The van der Waals surface area contributed by atoms with Crippen LogP contribution in [0.25, 0.3) is 0 Å². The second kappa shape index (κ2) is 7.49. The van der Waals surface area contributed by atoms with Crippen molar-refractivity contribution >= 4 is 0 Å². The molecular formula is C34H50. The molecule has 1 spiro atoms. The summed E-state index contributed by atoms with van der Waals surface area (Å²) in [5.74, 6) is 7.49. The molecule has 11 atom stereocenters. The van der Waals surface area contributed by atoms with Gasteiger partial charge in [-0.25, -0.2) is 0 Å². The molecule has 6 aliphatic carbocycles. The quantitative estimate of drug-likeness (QED) is 0.333. The van der Waals surface area contributed by atoms with Crippen LogP contribution in [0.15, 0.2) is 47.6 Å². The highest BCUT2D eigenvalue weighted by Crippen LogP contribution is 2.98. The molecule has 11 unspecified atom stereocenters. The predicted octanol–water partition coefficient (Wildman–Crippen LogP) is 9.55. The molecule has 0 N–H and O–H groups in total. The monoisotopic (exact) mass is 458 g/mol. The van der Waals surface area contributed by atoms with Gasteiger partial charge in [0.05, 0.1) is 0 Å². The summed E-state index contributed by atoms with van der Waals surface area (Å²) >= 11 is 0. The Hall–Kier alpha value is -1.04. The van der Waals surface area contributed by atoms with E-state index in [1.165, 1.54) is 51.4 Å². The summed E-state index contributed by atoms with van der Waals surface area (Å²) < 4.78 is 0. The molecule has 0 aromatic carbocycles. The Balaban J connectivity index is 1.23. The lowest BCUT2D eigenvalue weighted by Crippen LogP contribution is -2.54. The molecule has 0 aromatic rings. The van der Waals surface area contributed by atoms with Crippen LogP contribution in [-0.2, 0) is 0 Å². The molecule has 5 fully saturated rings. The molecule has 0 amide bonds. The summed E-state index contributed by atoms with van der Waals surface area (Å²) in [4.78, 5) is 0. The topological polar surface area (TPSA) is 0 Å². The zero-order valence-corrected chi connectivity index (χ0v) is 23.1. The van der Waals surface area contributed by atoms with E-state index in [0.717, 1.165) is 47.3 Å². The van der Waals surface area contributed by atoms with E-state index >= 15 is 0 Å². The van der Waals surface area contributed by atoms with Crippen LogP contribution in [-0.4, -0.2) is 0 Å². The summed E-state index contributed by atoms with van der Waals surface area (Å²) in [6.07, 6.45) is 17.4. The largest absolute Gasteiger partial charge is 0.103 e. The first-order chi connectivity index (χ1) is 16.2. The van der Waals surface area contributed by atoms with Gasteiger partial charge in [-0.1, -0.05) is 56.2 Å². The van der Waals surface area contributed by atoms with E-state index in [0.29, 0.717) is 16.2 Å². The highest BCUT2D eigenvalue weighted by molar-refractivity contribution is 5.56. The smallest absolute Gasteiger partial charge is 0.00202 e. The van der Waals surface area contributed by atoms with Crippen molar-refractivity contribution < 1.29 is 0 Å². The first-order valence-electron chi connectivity index (χ1n) is 14.8. The highest BCUT2D eigenvalue weighted by Gasteiger charge is 2.94. The van der Waals surface area contributed by atoms with Crippen LogP contribution in [0.1, 0.15) is 99.3 Å². The van der Waals surface area contributed by atoms with E-state index in [4.69, 9.17) is 6.58 Å².